The topological polar surface area (TPSA) is 73.0 Å². The minimum absolute atomic E-state index is 0.0548. The number of rotatable bonds is 4. The molecule has 6 rings (SSSR count). The van der Waals surface area contributed by atoms with Gasteiger partial charge in [0.05, 0.1) is 23.6 Å². The Morgan fingerprint density at radius 1 is 0.889 bits per heavy atom. The summed E-state index contributed by atoms with van der Waals surface area (Å²) in [6, 6.07) is 13.3. The van der Waals surface area contributed by atoms with Gasteiger partial charge in [0.2, 0.25) is 0 Å². The van der Waals surface area contributed by atoms with Gasteiger partial charge in [-0.3, -0.25) is 9.88 Å². The molecule has 2 aromatic carbocycles. The lowest BCUT2D eigenvalue weighted by Crippen LogP contribution is -2.41. The van der Waals surface area contributed by atoms with Crippen molar-refractivity contribution in [2.75, 3.05) is 42.6 Å². The van der Waals surface area contributed by atoms with Gasteiger partial charge in [0.15, 0.2) is 5.65 Å². The molecule has 0 spiro atoms. The zero-order chi connectivity index (χ0) is 24.6. The van der Waals surface area contributed by atoms with Crippen LogP contribution in [-0.4, -0.2) is 47.4 Å². The van der Waals surface area contributed by atoms with E-state index < -0.39 is 11.6 Å². The van der Waals surface area contributed by atoms with Crippen LogP contribution in [0, 0.1) is 23.0 Å². The summed E-state index contributed by atoms with van der Waals surface area (Å²) in [4.78, 5) is 13.8. The van der Waals surface area contributed by atoms with Gasteiger partial charge in [-0.15, -0.1) is 0 Å². The first-order valence-corrected chi connectivity index (χ1v) is 12.2. The van der Waals surface area contributed by atoms with Gasteiger partial charge in [-0.2, -0.15) is 5.26 Å². The van der Waals surface area contributed by atoms with E-state index in [1.54, 1.807) is 29.0 Å². The van der Waals surface area contributed by atoms with E-state index in [0.717, 1.165) is 56.8 Å². The number of nitriles is 1. The van der Waals surface area contributed by atoms with E-state index in [1.807, 2.05) is 18.2 Å². The number of benzene rings is 2. The molecule has 2 fully saturated rings. The molecule has 0 saturated carbocycles. The molecule has 2 aliphatic heterocycles. The first-order valence-electron chi connectivity index (χ1n) is 12.2. The molecule has 0 atom stereocenters. The van der Waals surface area contributed by atoms with Gasteiger partial charge >= 0.3 is 0 Å². The SMILES string of the molecule is N#Cc1ccc(-c2nc3c(N4CCCNC4)ccnc3n2-c2ccc(N3CCCC3)cc2F)cc1F. The molecule has 7 nitrogen and oxygen atoms in total. The number of nitrogens with one attached hydrogen (secondary N) is 1. The van der Waals surface area contributed by atoms with E-state index in [1.165, 1.54) is 12.1 Å². The summed E-state index contributed by atoms with van der Waals surface area (Å²) in [5.74, 6) is -0.682. The maximum atomic E-state index is 15.7. The van der Waals surface area contributed by atoms with E-state index in [-0.39, 0.29) is 5.56 Å². The van der Waals surface area contributed by atoms with Crippen LogP contribution in [0.15, 0.2) is 48.7 Å². The Bertz CT molecular complexity index is 1480. The molecule has 4 aromatic rings. The highest BCUT2D eigenvalue weighted by atomic mass is 19.1. The number of hydrogen-bond acceptors (Lipinski definition) is 6. The molecule has 2 saturated heterocycles. The zero-order valence-electron chi connectivity index (χ0n) is 19.7. The molecule has 0 aliphatic carbocycles. The predicted octanol–water partition coefficient (Wildman–Crippen LogP) is 4.59. The van der Waals surface area contributed by atoms with Crippen molar-refractivity contribution in [3.63, 3.8) is 0 Å². The summed E-state index contributed by atoms with van der Waals surface area (Å²) < 4.78 is 32.0. The molecule has 1 N–H and O–H groups in total. The van der Waals surface area contributed by atoms with Crippen LogP contribution in [0.25, 0.3) is 28.2 Å². The molecule has 9 heteroatoms. The first kappa shape index (κ1) is 22.4. The largest absolute Gasteiger partial charge is 0.371 e. The van der Waals surface area contributed by atoms with Crippen LogP contribution in [-0.2, 0) is 0 Å². The first-order chi connectivity index (χ1) is 17.6. The van der Waals surface area contributed by atoms with Crippen LogP contribution in [0.1, 0.15) is 24.8 Å². The van der Waals surface area contributed by atoms with Crippen LogP contribution >= 0.6 is 0 Å². The fourth-order valence-electron chi connectivity index (χ4n) is 5.12. The summed E-state index contributed by atoms with van der Waals surface area (Å²) in [6.07, 6.45) is 4.89. The number of aromatic nitrogens is 3. The molecule has 36 heavy (non-hydrogen) atoms. The Balaban J connectivity index is 1.56. The number of nitrogens with zero attached hydrogens (tertiary/aromatic N) is 6. The fourth-order valence-corrected chi connectivity index (χ4v) is 5.12. The third-order valence-corrected chi connectivity index (χ3v) is 6.94. The molecule has 2 aromatic heterocycles. The number of fused-ring (bicyclic) bond motifs is 1. The predicted molar refractivity (Wildman–Crippen MR) is 135 cm³/mol. The number of halogens is 2. The zero-order valence-corrected chi connectivity index (χ0v) is 19.7. The molecule has 0 bridgehead atoms. The van der Waals surface area contributed by atoms with Crippen molar-refractivity contribution < 1.29 is 8.78 Å². The number of hydrogen-bond donors (Lipinski definition) is 1. The molecule has 0 radical (unpaired) electrons. The monoisotopic (exact) mass is 485 g/mol. The van der Waals surface area contributed by atoms with Crippen molar-refractivity contribution in [1.29, 1.82) is 5.26 Å². The van der Waals surface area contributed by atoms with Crippen LogP contribution in [0.4, 0.5) is 20.2 Å². The maximum absolute atomic E-state index is 15.7. The Morgan fingerprint density at radius 3 is 2.44 bits per heavy atom. The normalized spacial score (nSPS) is 16.0. The van der Waals surface area contributed by atoms with Gasteiger partial charge in [0.25, 0.3) is 0 Å². The number of pyridine rings is 1. The van der Waals surface area contributed by atoms with Crippen molar-refractivity contribution >= 4 is 22.5 Å². The lowest BCUT2D eigenvalue weighted by molar-refractivity contribution is 0.553. The third kappa shape index (κ3) is 3.84. The van der Waals surface area contributed by atoms with Crippen molar-refractivity contribution in [2.24, 2.45) is 0 Å². The van der Waals surface area contributed by atoms with Gasteiger partial charge in [-0.05, 0) is 68.3 Å². The van der Waals surface area contributed by atoms with Crippen molar-refractivity contribution in [3.8, 4) is 23.1 Å². The van der Waals surface area contributed by atoms with Crippen molar-refractivity contribution in [2.45, 2.75) is 19.3 Å². The average Bonchev–Trinajstić information content (AvgIpc) is 3.58. The molecule has 0 amide bonds. The van der Waals surface area contributed by atoms with Gasteiger partial charge in [0, 0.05) is 37.1 Å². The lowest BCUT2D eigenvalue weighted by Gasteiger charge is -2.29. The Labute approximate surface area is 207 Å². The van der Waals surface area contributed by atoms with Crippen LogP contribution in [0.2, 0.25) is 0 Å². The van der Waals surface area contributed by atoms with E-state index >= 15 is 4.39 Å². The molecule has 0 unspecified atom stereocenters. The Kier molecular flexibility index (Phi) is 5.74. The minimum atomic E-state index is -0.646. The quantitative estimate of drug-likeness (QED) is 0.456. The highest BCUT2D eigenvalue weighted by Gasteiger charge is 2.24. The summed E-state index contributed by atoms with van der Waals surface area (Å²) in [6.45, 7) is 4.31. The van der Waals surface area contributed by atoms with E-state index in [9.17, 15) is 9.65 Å². The fraction of sp³-hybridized carbons (Fsp3) is 0.296. The van der Waals surface area contributed by atoms with E-state index in [4.69, 9.17) is 4.98 Å². The van der Waals surface area contributed by atoms with Gasteiger partial charge in [0.1, 0.15) is 29.0 Å². The van der Waals surface area contributed by atoms with E-state index in [0.29, 0.717) is 34.9 Å². The van der Waals surface area contributed by atoms with E-state index in [2.05, 4.69) is 20.1 Å². The summed E-state index contributed by atoms with van der Waals surface area (Å²) >= 11 is 0. The summed E-state index contributed by atoms with van der Waals surface area (Å²) in [5.41, 5.74) is 3.51. The van der Waals surface area contributed by atoms with Gasteiger partial charge in [-0.25, -0.2) is 18.7 Å². The van der Waals surface area contributed by atoms with Gasteiger partial charge < -0.3 is 9.80 Å². The van der Waals surface area contributed by atoms with Gasteiger partial charge in [-0.1, -0.05) is 0 Å². The third-order valence-electron chi connectivity index (χ3n) is 6.94. The number of anilines is 2. The molecule has 182 valence electrons. The summed E-state index contributed by atoms with van der Waals surface area (Å²) in [7, 11) is 0. The maximum Gasteiger partial charge on any atom is 0.167 e. The second kappa shape index (κ2) is 9.21. The Hall–Kier alpha value is -4.03. The molecular formula is C27H25F2N7. The van der Waals surface area contributed by atoms with Crippen LogP contribution < -0.4 is 15.1 Å². The number of imidazole rings is 1. The van der Waals surface area contributed by atoms with Crippen molar-refractivity contribution in [3.05, 3.63) is 65.9 Å². The highest BCUT2D eigenvalue weighted by molar-refractivity contribution is 5.90. The minimum Gasteiger partial charge on any atom is -0.371 e. The second-order valence-electron chi connectivity index (χ2n) is 9.18. The molecule has 4 heterocycles. The lowest BCUT2D eigenvalue weighted by atomic mass is 10.1. The average molecular weight is 486 g/mol. The highest BCUT2D eigenvalue weighted by Crippen LogP contribution is 2.35. The summed E-state index contributed by atoms with van der Waals surface area (Å²) in [5, 5.41) is 12.5. The second-order valence-corrected chi connectivity index (χ2v) is 9.18. The van der Waals surface area contributed by atoms with Crippen LogP contribution in [0.3, 0.4) is 0 Å². The molecular weight excluding hydrogens is 460 g/mol. The van der Waals surface area contributed by atoms with Crippen molar-refractivity contribution in [1.82, 2.24) is 19.9 Å². The van der Waals surface area contributed by atoms with Crippen LogP contribution in [0.5, 0.6) is 0 Å². The smallest absolute Gasteiger partial charge is 0.167 e. The standard InChI is InChI=1S/C27H25F2N7/c28-21-14-18(4-5-19(21)16-30)26-33-25-24(35-13-3-9-31-17-35)8-10-32-27(25)36(26)23-7-6-20(15-22(23)29)34-11-1-2-12-34/h4-8,10,14-15,31H,1-3,9,11-13,17H2. The molecule has 2 aliphatic rings. The Morgan fingerprint density at radius 2 is 1.72 bits per heavy atom.